The topological polar surface area (TPSA) is 94.7 Å². The summed E-state index contributed by atoms with van der Waals surface area (Å²) in [6.07, 6.45) is 0.878. The van der Waals surface area contributed by atoms with Gasteiger partial charge in [-0.25, -0.2) is 4.99 Å². The van der Waals surface area contributed by atoms with Crippen LogP contribution in [0.3, 0.4) is 0 Å². The van der Waals surface area contributed by atoms with E-state index in [4.69, 9.17) is 15.2 Å². The van der Waals surface area contributed by atoms with Gasteiger partial charge in [0.05, 0.1) is 30.3 Å². The highest BCUT2D eigenvalue weighted by atomic mass is 127. The van der Waals surface area contributed by atoms with Crippen molar-refractivity contribution in [2.75, 3.05) is 18.5 Å². The molecule has 1 aliphatic rings. The summed E-state index contributed by atoms with van der Waals surface area (Å²) >= 11 is 1.33. The molecule has 0 fully saturated rings. The molecule has 0 radical (unpaired) electrons. The summed E-state index contributed by atoms with van der Waals surface area (Å²) in [5.74, 6) is 1.81. The number of halogens is 1. The van der Waals surface area contributed by atoms with Crippen LogP contribution in [0.1, 0.15) is 17.0 Å². The third kappa shape index (κ3) is 4.67. The van der Waals surface area contributed by atoms with Gasteiger partial charge in [0.25, 0.3) is 0 Å². The molecule has 0 atom stereocenters. The van der Waals surface area contributed by atoms with Crippen LogP contribution in [0.5, 0.6) is 11.5 Å². The first kappa shape index (κ1) is 17.7. The third-order valence-corrected chi connectivity index (χ3v) is 3.97. The van der Waals surface area contributed by atoms with Gasteiger partial charge in [-0.2, -0.15) is 0 Å². The predicted molar refractivity (Wildman–Crippen MR) is 101 cm³/mol. The Morgan fingerprint density at radius 1 is 1.35 bits per heavy atom. The number of guanidine groups is 1. The van der Waals surface area contributed by atoms with Crippen LogP contribution >= 0.6 is 35.5 Å². The monoisotopic (exact) mass is 447 g/mol. The standard InChI is InChI=1S/C14H17N5O2S.HI/c1-9-13(22-19-18-9)8-16-14(15)17-10-3-4-11-12(7-10)21-6-2-5-20-11;/h3-4,7H,2,5-6,8H2,1H3,(H3,15,16,17);1H. The zero-order chi connectivity index (χ0) is 15.4. The maximum absolute atomic E-state index is 5.91. The Hall–Kier alpha value is -1.62. The smallest absolute Gasteiger partial charge is 0.193 e. The molecule has 3 N–H and O–H groups in total. The number of aromatic nitrogens is 2. The molecule has 9 heteroatoms. The summed E-state index contributed by atoms with van der Waals surface area (Å²) in [7, 11) is 0. The minimum absolute atomic E-state index is 0. The van der Waals surface area contributed by atoms with Crippen molar-refractivity contribution in [3.05, 3.63) is 28.8 Å². The van der Waals surface area contributed by atoms with E-state index < -0.39 is 0 Å². The first-order valence-corrected chi connectivity index (χ1v) is 7.74. The van der Waals surface area contributed by atoms with Gasteiger partial charge >= 0.3 is 0 Å². The second kappa shape index (κ2) is 8.29. The fraction of sp³-hybridized carbons (Fsp3) is 0.357. The number of anilines is 1. The zero-order valence-corrected chi connectivity index (χ0v) is 15.8. The van der Waals surface area contributed by atoms with Crippen molar-refractivity contribution in [2.45, 2.75) is 19.9 Å². The minimum atomic E-state index is 0. The van der Waals surface area contributed by atoms with Gasteiger partial charge in [-0.05, 0) is 30.6 Å². The van der Waals surface area contributed by atoms with Gasteiger partial charge in [0.1, 0.15) is 0 Å². The predicted octanol–water partition coefficient (Wildman–Crippen LogP) is 2.55. The van der Waals surface area contributed by atoms with Gasteiger partial charge in [0.2, 0.25) is 0 Å². The molecule has 1 aromatic carbocycles. The van der Waals surface area contributed by atoms with Gasteiger partial charge in [0.15, 0.2) is 17.5 Å². The number of ether oxygens (including phenoxy) is 2. The highest BCUT2D eigenvalue weighted by Crippen LogP contribution is 2.32. The first-order valence-electron chi connectivity index (χ1n) is 6.97. The van der Waals surface area contributed by atoms with Crippen molar-refractivity contribution < 1.29 is 9.47 Å². The summed E-state index contributed by atoms with van der Waals surface area (Å²) in [5, 5.41) is 6.99. The fourth-order valence-corrected chi connectivity index (χ4v) is 2.54. The number of nitrogens with two attached hydrogens (primary N) is 1. The van der Waals surface area contributed by atoms with Gasteiger partial charge in [-0.15, -0.1) is 29.1 Å². The number of rotatable bonds is 3. The van der Waals surface area contributed by atoms with E-state index in [1.54, 1.807) is 0 Å². The van der Waals surface area contributed by atoms with Crippen molar-refractivity contribution in [1.29, 1.82) is 0 Å². The van der Waals surface area contributed by atoms with E-state index in [9.17, 15) is 0 Å². The molecule has 2 aromatic rings. The van der Waals surface area contributed by atoms with Gasteiger partial charge in [-0.1, -0.05) is 4.49 Å². The highest BCUT2D eigenvalue weighted by molar-refractivity contribution is 14.0. The number of hydrogen-bond donors (Lipinski definition) is 2. The van der Waals surface area contributed by atoms with Crippen LogP contribution < -0.4 is 20.5 Å². The quantitative estimate of drug-likeness (QED) is 0.427. The SMILES string of the molecule is Cc1nnsc1CN=C(N)Nc1ccc2c(c1)OCCCO2.I. The maximum atomic E-state index is 5.91. The van der Waals surface area contributed by atoms with Crippen LogP contribution in [0.4, 0.5) is 5.69 Å². The molecule has 0 spiro atoms. The molecule has 0 bridgehead atoms. The molecule has 0 amide bonds. The number of aryl methyl sites for hydroxylation is 1. The second-order valence-electron chi connectivity index (χ2n) is 4.82. The van der Waals surface area contributed by atoms with Gasteiger partial charge in [-0.3, -0.25) is 0 Å². The van der Waals surface area contributed by atoms with Gasteiger partial charge in [0, 0.05) is 18.2 Å². The normalized spacial score (nSPS) is 13.9. The Balaban J connectivity index is 0.00000192. The van der Waals surface area contributed by atoms with Crippen LogP contribution in [-0.4, -0.2) is 28.8 Å². The Labute approximate surface area is 155 Å². The van der Waals surface area contributed by atoms with E-state index in [0.717, 1.165) is 34.2 Å². The molecule has 0 aliphatic carbocycles. The molecule has 23 heavy (non-hydrogen) atoms. The van der Waals surface area contributed by atoms with E-state index in [2.05, 4.69) is 19.9 Å². The van der Waals surface area contributed by atoms with Crippen molar-refractivity contribution >= 4 is 47.2 Å². The Bertz CT molecular complexity index is 692. The van der Waals surface area contributed by atoms with Crippen molar-refractivity contribution in [3.8, 4) is 11.5 Å². The van der Waals surface area contributed by atoms with Crippen molar-refractivity contribution in [1.82, 2.24) is 9.59 Å². The van der Waals surface area contributed by atoms with E-state index in [0.29, 0.717) is 25.7 Å². The number of aliphatic imine (C=N–C) groups is 1. The van der Waals surface area contributed by atoms with Crippen LogP contribution in [0.25, 0.3) is 0 Å². The van der Waals surface area contributed by atoms with E-state index >= 15 is 0 Å². The molecule has 0 unspecified atom stereocenters. The molecule has 7 nitrogen and oxygen atoms in total. The Kier molecular flexibility index (Phi) is 6.39. The summed E-state index contributed by atoms with van der Waals surface area (Å²) in [5.41, 5.74) is 7.61. The van der Waals surface area contributed by atoms with Crippen LogP contribution in [0.2, 0.25) is 0 Å². The molecule has 124 valence electrons. The lowest BCUT2D eigenvalue weighted by Crippen LogP contribution is -2.22. The van der Waals surface area contributed by atoms with Crippen LogP contribution in [0.15, 0.2) is 23.2 Å². The molecule has 1 aliphatic heterocycles. The average molecular weight is 447 g/mol. The number of fused-ring (bicyclic) bond motifs is 1. The number of benzene rings is 1. The summed E-state index contributed by atoms with van der Waals surface area (Å²) in [4.78, 5) is 5.30. The summed E-state index contributed by atoms with van der Waals surface area (Å²) in [6.45, 7) is 3.69. The highest BCUT2D eigenvalue weighted by Gasteiger charge is 2.11. The maximum Gasteiger partial charge on any atom is 0.193 e. The lowest BCUT2D eigenvalue weighted by molar-refractivity contribution is 0.297. The zero-order valence-electron chi connectivity index (χ0n) is 12.6. The average Bonchev–Trinajstić information content (AvgIpc) is 2.78. The third-order valence-electron chi connectivity index (χ3n) is 3.16. The molecule has 3 rings (SSSR count). The molecule has 1 aromatic heterocycles. The number of hydrogen-bond acceptors (Lipinski definition) is 6. The Morgan fingerprint density at radius 2 is 2.13 bits per heavy atom. The van der Waals surface area contributed by atoms with Crippen LogP contribution in [0, 0.1) is 6.92 Å². The molecule has 0 saturated heterocycles. The molecular weight excluding hydrogens is 429 g/mol. The van der Waals surface area contributed by atoms with Crippen LogP contribution in [-0.2, 0) is 6.54 Å². The lowest BCUT2D eigenvalue weighted by Gasteiger charge is -2.10. The summed E-state index contributed by atoms with van der Waals surface area (Å²) in [6, 6.07) is 5.62. The lowest BCUT2D eigenvalue weighted by atomic mass is 10.3. The molecule has 2 heterocycles. The summed E-state index contributed by atoms with van der Waals surface area (Å²) < 4.78 is 15.1. The first-order chi connectivity index (χ1) is 10.7. The van der Waals surface area contributed by atoms with Gasteiger partial charge < -0.3 is 20.5 Å². The number of nitrogens with one attached hydrogen (secondary N) is 1. The van der Waals surface area contributed by atoms with Crippen molar-refractivity contribution in [3.63, 3.8) is 0 Å². The Morgan fingerprint density at radius 3 is 2.87 bits per heavy atom. The minimum Gasteiger partial charge on any atom is -0.490 e. The number of nitrogens with zero attached hydrogens (tertiary/aromatic N) is 3. The fourth-order valence-electron chi connectivity index (χ4n) is 1.98. The molecule has 0 saturated carbocycles. The second-order valence-corrected chi connectivity index (χ2v) is 5.66. The van der Waals surface area contributed by atoms with E-state index in [1.165, 1.54) is 11.5 Å². The van der Waals surface area contributed by atoms with E-state index in [-0.39, 0.29) is 24.0 Å². The van der Waals surface area contributed by atoms with Crippen molar-refractivity contribution in [2.24, 2.45) is 10.7 Å². The molecular formula is C14H18IN5O2S. The largest absolute Gasteiger partial charge is 0.490 e. The van der Waals surface area contributed by atoms with E-state index in [1.807, 2.05) is 25.1 Å².